The minimum absolute atomic E-state index is 0.0822. The van der Waals surface area contributed by atoms with Crippen LogP contribution in [0.5, 0.6) is 17.2 Å². The van der Waals surface area contributed by atoms with E-state index in [9.17, 15) is 13.2 Å². The van der Waals surface area contributed by atoms with E-state index in [0.29, 0.717) is 41.5 Å². The second-order valence-electron chi connectivity index (χ2n) is 8.64. The standard InChI is InChI=1S/C27H26N2O6S/c1-18-3-9-23(10-4-18)36(31,32)29(16-19-5-7-22(33-2)8-6-19)17-21-13-20-14-25-26(35-12-11-34-25)15-24(20)28-27(21)30/h3-10,13-15H,11-12,16-17H2,1-2H3,(H,28,30). The van der Waals surface area contributed by atoms with Crippen molar-refractivity contribution < 1.29 is 22.6 Å². The molecule has 0 atom stereocenters. The van der Waals surface area contributed by atoms with Crippen LogP contribution in [0.4, 0.5) is 0 Å². The van der Waals surface area contributed by atoms with Crippen molar-refractivity contribution >= 4 is 20.9 Å². The number of nitrogens with one attached hydrogen (secondary N) is 1. The predicted octanol–water partition coefficient (Wildman–Crippen LogP) is 4.01. The molecule has 186 valence electrons. The molecular weight excluding hydrogens is 480 g/mol. The van der Waals surface area contributed by atoms with E-state index in [1.807, 2.05) is 19.1 Å². The minimum atomic E-state index is -3.91. The number of H-pyrrole nitrogens is 1. The molecule has 0 spiro atoms. The highest BCUT2D eigenvalue weighted by Crippen LogP contribution is 2.34. The van der Waals surface area contributed by atoms with Gasteiger partial charge < -0.3 is 19.2 Å². The van der Waals surface area contributed by atoms with E-state index in [2.05, 4.69) is 4.98 Å². The molecule has 5 rings (SSSR count). The number of sulfonamides is 1. The Bertz CT molecular complexity index is 1560. The number of rotatable bonds is 7. The van der Waals surface area contributed by atoms with Crippen molar-refractivity contribution in [2.24, 2.45) is 0 Å². The Kier molecular flexibility index (Phi) is 6.42. The van der Waals surface area contributed by atoms with Gasteiger partial charge in [-0.1, -0.05) is 29.8 Å². The lowest BCUT2D eigenvalue weighted by Crippen LogP contribution is -2.32. The predicted molar refractivity (Wildman–Crippen MR) is 136 cm³/mol. The fourth-order valence-electron chi connectivity index (χ4n) is 4.12. The normalized spacial score (nSPS) is 13.2. The smallest absolute Gasteiger partial charge is 0.252 e. The third-order valence-electron chi connectivity index (χ3n) is 6.11. The maximum atomic E-state index is 13.7. The zero-order valence-corrected chi connectivity index (χ0v) is 20.8. The molecule has 4 aromatic rings. The number of hydrogen-bond donors (Lipinski definition) is 1. The lowest BCUT2D eigenvalue weighted by atomic mass is 10.1. The van der Waals surface area contributed by atoms with Crippen molar-refractivity contribution in [3.63, 3.8) is 0 Å². The van der Waals surface area contributed by atoms with E-state index >= 15 is 0 Å². The lowest BCUT2D eigenvalue weighted by molar-refractivity contribution is 0.172. The quantitative estimate of drug-likeness (QED) is 0.407. The Balaban J connectivity index is 1.54. The first-order chi connectivity index (χ1) is 17.3. The molecular formula is C27H26N2O6S. The number of ether oxygens (including phenoxy) is 3. The number of nitrogens with zero attached hydrogens (tertiary/aromatic N) is 1. The summed E-state index contributed by atoms with van der Waals surface area (Å²) in [7, 11) is -2.34. The van der Waals surface area contributed by atoms with Gasteiger partial charge in [-0.25, -0.2) is 8.42 Å². The lowest BCUT2D eigenvalue weighted by Gasteiger charge is -2.23. The molecule has 36 heavy (non-hydrogen) atoms. The van der Waals surface area contributed by atoms with Gasteiger partial charge in [0.1, 0.15) is 19.0 Å². The van der Waals surface area contributed by atoms with Crippen LogP contribution < -0.4 is 19.8 Å². The second-order valence-corrected chi connectivity index (χ2v) is 10.6. The molecule has 0 aliphatic carbocycles. The zero-order valence-electron chi connectivity index (χ0n) is 20.0. The van der Waals surface area contributed by atoms with Crippen LogP contribution in [-0.2, 0) is 23.1 Å². The van der Waals surface area contributed by atoms with Gasteiger partial charge in [0.25, 0.3) is 5.56 Å². The van der Waals surface area contributed by atoms with Crippen LogP contribution in [0, 0.1) is 6.92 Å². The van der Waals surface area contributed by atoms with Gasteiger partial charge in [0, 0.05) is 30.1 Å². The van der Waals surface area contributed by atoms with E-state index < -0.39 is 10.0 Å². The van der Waals surface area contributed by atoms with Gasteiger partial charge in [-0.05, 0) is 48.9 Å². The first-order valence-corrected chi connectivity index (χ1v) is 12.9. The third kappa shape index (κ3) is 4.80. The summed E-state index contributed by atoms with van der Waals surface area (Å²) < 4.78 is 45.2. The van der Waals surface area contributed by atoms with Crippen LogP contribution in [0.25, 0.3) is 10.9 Å². The van der Waals surface area contributed by atoms with E-state index in [-0.39, 0.29) is 23.5 Å². The van der Waals surface area contributed by atoms with Crippen molar-refractivity contribution in [1.29, 1.82) is 0 Å². The van der Waals surface area contributed by atoms with E-state index in [4.69, 9.17) is 14.2 Å². The molecule has 0 bridgehead atoms. The number of aromatic amines is 1. The second kappa shape index (κ2) is 9.67. The van der Waals surface area contributed by atoms with Crippen LogP contribution in [-0.4, -0.2) is 38.0 Å². The summed E-state index contributed by atoms with van der Waals surface area (Å²) in [5, 5.41) is 0.728. The molecule has 3 aromatic carbocycles. The number of methoxy groups -OCH3 is 1. The number of benzene rings is 3. The van der Waals surface area contributed by atoms with Crippen molar-refractivity contribution in [3.05, 3.63) is 93.8 Å². The molecule has 1 aliphatic rings. The van der Waals surface area contributed by atoms with Crippen molar-refractivity contribution in [1.82, 2.24) is 9.29 Å². The average Bonchev–Trinajstić information content (AvgIpc) is 2.88. The maximum Gasteiger partial charge on any atom is 0.252 e. The molecule has 2 heterocycles. The van der Waals surface area contributed by atoms with Crippen molar-refractivity contribution in [2.75, 3.05) is 20.3 Å². The number of aryl methyl sites for hydroxylation is 1. The van der Waals surface area contributed by atoms with Crippen LogP contribution in [0.2, 0.25) is 0 Å². The summed E-state index contributed by atoms with van der Waals surface area (Å²) in [6, 6.07) is 19.1. The first-order valence-electron chi connectivity index (χ1n) is 11.5. The number of aromatic nitrogens is 1. The van der Waals surface area contributed by atoms with Crippen molar-refractivity contribution in [3.8, 4) is 17.2 Å². The minimum Gasteiger partial charge on any atom is -0.497 e. The fourth-order valence-corrected chi connectivity index (χ4v) is 5.52. The Morgan fingerprint density at radius 1 is 0.917 bits per heavy atom. The molecule has 0 saturated heterocycles. The molecule has 0 radical (unpaired) electrons. The van der Waals surface area contributed by atoms with Crippen LogP contribution in [0.1, 0.15) is 16.7 Å². The summed E-state index contributed by atoms with van der Waals surface area (Å²) in [6.45, 7) is 2.76. The van der Waals surface area contributed by atoms with Crippen LogP contribution in [0.3, 0.4) is 0 Å². The largest absolute Gasteiger partial charge is 0.497 e. The zero-order chi connectivity index (χ0) is 25.3. The molecule has 1 aromatic heterocycles. The highest BCUT2D eigenvalue weighted by Gasteiger charge is 2.26. The van der Waals surface area contributed by atoms with Gasteiger partial charge in [0.15, 0.2) is 11.5 Å². The van der Waals surface area contributed by atoms with Crippen molar-refractivity contribution in [2.45, 2.75) is 24.9 Å². The van der Waals surface area contributed by atoms with Gasteiger partial charge in [-0.15, -0.1) is 0 Å². The number of hydrogen-bond acceptors (Lipinski definition) is 6. The molecule has 1 aliphatic heterocycles. The Hall–Kier alpha value is -3.82. The summed E-state index contributed by atoms with van der Waals surface area (Å²) in [6.07, 6.45) is 0. The number of fused-ring (bicyclic) bond motifs is 2. The highest BCUT2D eigenvalue weighted by molar-refractivity contribution is 7.89. The first kappa shape index (κ1) is 23.9. The Morgan fingerprint density at radius 2 is 1.58 bits per heavy atom. The van der Waals surface area contributed by atoms with Gasteiger partial charge in [-0.2, -0.15) is 4.31 Å². The van der Waals surface area contributed by atoms with E-state index in [0.717, 1.165) is 16.5 Å². The van der Waals surface area contributed by atoms with Gasteiger partial charge in [0.2, 0.25) is 10.0 Å². The fraction of sp³-hybridized carbons (Fsp3) is 0.222. The molecule has 9 heteroatoms. The summed E-state index contributed by atoms with van der Waals surface area (Å²) in [5.74, 6) is 1.83. The average molecular weight is 507 g/mol. The molecule has 0 saturated carbocycles. The molecule has 8 nitrogen and oxygen atoms in total. The number of pyridine rings is 1. The summed E-state index contributed by atoms with van der Waals surface area (Å²) in [5.41, 5.74) is 2.27. The SMILES string of the molecule is COc1ccc(CN(Cc2cc3cc4c(cc3[nH]c2=O)OCCO4)S(=O)(=O)c2ccc(C)cc2)cc1. The maximum absolute atomic E-state index is 13.7. The highest BCUT2D eigenvalue weighted by atomic mass is 32.2. The molecule has 0 fully saturated rings. The molecule has 0 amide bonds. The Labute approximate surface area is 209 Å². The van der Waals surface area contributed by atoms with Crippen LogP contribution >= 0.6 is 0 Å². The monoisotopic (exact) mass is 506 g/mol. The van der Waals surface area contributed by atoms with Gasteiger partial charge in [0.05, 0.1) is 17.5 Å². The Morgan fingerprint density at radius 3 is 2.25 bits per heavy atom. The van der Waals surface area contributed by atoms with Gasteiger partial charge in [-0.3, -0.25) is 4.79 Å². The van der Waals surface area contributed by atoms with Gasteiger partial charge >= 0.3 is 0 Å². The van der Waals surface area contributed by atoms with Crippen LogP contribution in [0.15, 0.2) is 76.4 Å². The third-order valence-corrected chi connectivity index (χ3v) is 7.91. The molecule has 1 N–H and O–H groups in total. The topological polar surface area (TPSA) is 97.9 Å². The summed E-state index contributed by atoms with van der Waals surface area (Å²) >= 11 is 0. The summed E-state index contributed by atoms with van der Waals surface area (Å²) in [4.78, 5) is 16.0. The van der Waals surface area contributed by atoms with E-state index in [1.165, 1.54) is 4.31 Å². The molecule has 0 unspecified atom stereocenters. The van der Waals surface area contributed by atoms with E-state index in [1.54, 1.807) is 61.7 Å².